The Hall–Kier alpha value is -3.23. The largest absolute Gasteiger partial charge is 0.358 e. The van der Waals surface area contributed by atoms with Crippen molar-refractivity contribution < 1.29 is 10.0 Å². The molecule has 1 amide bonds. The Kier molecular flexibility index (Phi) is 6.94. The van der Waals surface area contributed by atoms with E-state index < -0.39 is 0 Å². The molecule has 1 aliphatic heterocycles. The van der Waals surface area contributed by atoms with Crippen molar-refractivity contribution >= 4 is 23.6 Å². The number of amides is 1. The van der Waals surface area contributed by atoms with Gasteiger partial charge in [-0.05, 0) is 5.56 Å². The number of carbonyl (C=O) groups excluding carboxylic acids is 1. The van der Waals surface area contributed by atoms with Crippen LogP contribution in [0.3, 0.4) is 0 Å². The van der Waals surface area contributed by atoms with Crippen molar-refractivity contribution in [2.45, 2.75) is 6.04 Å². The molecule has 0 radical (unpaired) electrons. The van der Waals surface area contributed by atoms with E-state index in [2.05, 4.69) is 31.7 Å². The van der Waals surface area contributed by atoms with Crippen LogP contribution in [0.4, 0.5) is 5.95 Å². The van der Waals surface area contributed by atoms with Crippen molar-refractivity contribution in [3.63, 3.8) is 0 Å². The maximum absolute atomic E-state index is 12.4. The highest BCUT2D eigenvalue weighted by molar-refractivity contribution is 5.84. The van der Waals surface area contributed by atoms with Crippen LogP contribution in [0.2, 0.25) is 0 Å². The van der Waals surface area contributed by atoms with Gasteiger partial charge in [-0.3, -0.25) is 20.4 Å². The van der Waals surface area contributed by atoms with Crippen molar-refractivity contribution in [2.75, 3.05) is 38.1 Å². The maximum atomic E-state index is 12.4. The quantitative estimate of drug-likeness (QED) is 0.611. The SMILES string of the molecule is C=C(NO)c1cnc(N2CCN(C(/C=C/c3ccccc3)C(=O)NC)CC2)nc1. The summed E-state index contributed by atoms with van der Waals surface area (Å²) in [6.07, 6.45) is 7.17. The highest BCUT2D eigenvalue weighted by Crippen LogP contribution is 2.16. The maximum Gasteiger partial charge on any atom is 0.241 e. The molecular formula is C21H26N6O2. The van der Waals surface area contributed by atoms with Gasteiger partial charge >= 0.3 is 0 Å². The first-order valence-electron chi connectivity index (χ1n) is 9.47. The lowest BCUT2D eigenvalue weighted by Gasteiger charge is -2.37. The predicted molar refractivity (Wildman–Crippen MR) is 113 cm³/mol. The molecule has 2 aromatic rings. The summed E-state index contributed by atoms with van der Waals surface area (Å²) in [5.74, 6) is 0.594. The third-order valence-electron chi connectivity index (χ3n) is 4.90. The summed E-state index contributed by atoms with van der Waals surface area (Å²) in [6.45, 7) is 6.53. The topological polar surface area (TPSA) is 93.6 Å². The summed E-state index contributed by atoms with van der Waals surface area (Å²) in [5, 5.41) is 11.7. The van der Waals surface area contributed by atoms with E-state index in [1.54, 1.807) is 19.4 Å². The van der Waals surface area contributed by atoms with Gasteiger partial charge in [0.25, 0.3) is 0 Å². The second kappa shape index (κ2) is 9.81. The third-order valence-corrected chi connectivity index (χ3v) is 4.90. The summed E-state index contributed by atoms with van der Waals surface area (Å²) in [6, 6.07) is 9.62. The van der Waals surface area contributed by atoms with Crippen LogP contribution in [0.5, 0.6) is 0 Å². The van der Waals surface area contributed by atoms with Crippen LogP contribution in [0.25, 0.3) is 11.8 Å². The highest BCUT2D eigenvalue weighted by atomic mass is 16.5. The molecule has 29 heavy (non-hydrogen) atoms. The molecule has 3 rings (SSSR count). The summed E-state index contributed by atoms with van der Waals surface area (Å²) < 4.78 is 0. The number of aromatic nitrogens is 2. The Morgan fingerprint density at radius 3 is 2.41 bits per heavy atom. The fourth-order valence-electron chi connectivity index (χ4n) is 3.19. The molecule has 8 heteroatoms. The van der Waals surface area contributed by atoms with E-state index in [9.17, 15) is 4.79 Å². The zero-order chi connectivity index (χ0) is 20.6. The van der Waals surface area contributed by atoms with Crippen LogP contribution in [0.15, 0.2) is 55.4 Å². The number of hydroxylamine groups is 1. The van der Waals surface area contributed by atoms with Gasteiger partial charge in [-0.15, -0.1) is 0 Å². The molecule has 0 saturated carbocycles. The van der Waals surface area contributed by atoms with Crippen LogP contribution in [0, 0.1) is 0 Å². The van der Waals surface area contributed by atoms with Gasteiger partial charge in [0.15, 0.2) is 0 Å². The van der Waals surface area contributed by atoms with E-state index in [0.29, 0.717) is 43.4 Å². The molecule has 1 aromatic heterocycles. The van der Waals surface area contributed by atoms with Gasteiger partial charge < -0.3 is 10.2 Å². The Morgan fingerprint density at radius 1 is 1.17 bits per heavy atom. The van der Waals surface area contributed by atoms with Crippen molar-refractivity contribution in [3.05, 3.63) is 66.5 Å². The molecule has 1 fully saturated rings. The minimum Gasteiger partial charge on any atom is -0.358 e. The molecule has 1 saturated heterocycles. The monoisotopic (exact) mass is 394 g/mol. The zero-order valence-corrected chi connectivity index (χ0v) is 16.5. The molecular weight excluding hydrogens is 368 g/mol. The van der Waals surface area contributed by atoms with Gasteiger partial charge in [0.05, 0.1) is 5.70 Å². The Balaban J connectivity index is 1.64. The first-order chi connectivity index (χ1) is 14.1. The number of hydrogen-bond donors (Lipinski definition) is 3. The lowest BCUT2D eigenvalue weighted by molar-refractivity contribution is -0.124. The number of benzene rings is 1. The van der Waals surface area contributed by atoms with Crippen molar-refractivity contribution in [1.29, 1.82) is 0 Å². The van der Waals surface area contributed by atoms with Crippen molar-refractivity contribution in [1.82, 2.24) is 25.7 Å². The van der Waals surface area contributed by atoms with Crippen LogP contribution in [-0.2, 0) is 4.79 Å². The highest BCUT2D eigenvalue weighted by Gasteiger charge is 2.27. The van der Waals surface area contributed by atoms with Gasteiger partial charge in [0, 0.05) is 51.2 Å². The molecule has 3 N–H and O–H groups in total. The molecule has 0 aliphatic carbocycles. The molecule has 1 aromatic carbocycles. The minimum atomic E-state index is -0.329. The molecule has 1 aliphatic rings. The molecule has 2 heterocycles. The number of likely N-dealkylation sites (N-methyl/N-ethyl adjacent to an activating group) is 1. The summed E-state index contributed by atoms with van der Waals surface area (Å²) in [7, 11) is 1.66. The molecule has 1 atom stereocenters. The Morgan fingerprint density at radius 2 is 1.83 bits per heavy atom. The predicted octanol–water partition coefficient (Wildman–Crippen LogP) is 1.38. The van der Waals surface area contributed by atoms with Gasteiger partial charge in [0.1, 0.15) is 6.04 Å². The fourth-order valence-corrected chi connectivity index (χ4v) is 3.19. The minimum absolute atomic E-state index is 0.0266. The van der Waals surface area contributed by atoms with E-state index in [-0.39, 0.29) is 11.9 Å². The number of anilines is 1. The van der Waals surface area contributed by atoms with Crippen molar-refractivity contribution in [2.24, 2.45) is 0 Å². The second-order valence-electron chi connectivity index (χ2n) is 6.71. The van der Waals surface area contributed by atoms with Crippen LogP contribution in [-0.4, -0.2) is 65.3 Å². The number of rotatable bonds is 7. The van der Waals surface area contributed by atoms with Gasteiger partial charge in [-0.25, -0.2) is 9.97 Å². The normalized spacial score (nSPS) is 15.9. The smallest absolute Gasteiger partial charge is 0.241 e. The third kappa shape index (κ3) is 5.18. The van der Waals surface area contributed by atoms with E-state index in [1.807, 2.05) is 48.0 Å². The van der Waals surface area contributed by atoms with E-state index in [4.69, 9.17) is 5.21 Å². The lowest BCUT2D eigenvalue weighted by Crippen LogP contribution is -2.54. The first-order valence-corrected chi connectivity index (χ1v) is 9.47. The average molecular weight is 394 g/mol. The Labute approximate surface area is 170 Å². The number of carbonyl (C=O) groups is 1. The average Bonchev–Trinajstić information content (AvgIpc) is 2.79. The van der Waals surface area contributed by atoms with Gasteiger partial charge in [-0.2, -0.15) is 0 Å². The van der Waals surface area contributed by atoms with Gasteiger partial charge in [0.2, 0.25) is 11.9 Å². The first kappa shape index (κ1) is 20.5. The number of hydrogen-bond acceptors (Lipinski definition) is 7. The van der Waals surface area contributed by atoms with Crippen LogP contribution >= 0.6 is 0 Å². The van der Waals surface area contributed by atoms with Crippen molar-refractivity contribution in [3.8, 4) is 0 Å². The summed E-state index contributed by atoms with van der Waals surface area (Å²) >= 11 is 0. The van der Waals surface area contributed by atoms with Crippen LogP contribution < -0.4 is 15.7 Å². The van der Waals surface area contributed by atoms with E-state index >= 15 is 0 Å². The molecule has 0 bridgehead atoms. The number of nitrogens with zero attached hydrogens (tertiary/aromatic N) is 4. The molecule has 1 unspecified atom stereocenters. The van der Waals surface area contributed by atoms with Crippen LogP contribution in [0.1, 0.15) is 11.1 Å². The summed E-state index contributed by atoms with van der Waals surface area (Å²) in [4.78, 5) is 25.4. The summed E-state index contributed by atoms with van der Waals surface area (Å²) in [5.41, 5.74) is 4.03. The second-order valence-corrected chi connectivity index (χ2v) is 6.71. The molecule has 0 spiro atoms. The number of nitrogens with one attached hydrogen (secondary N) is 2. The standard InChI is InChI=1S/C21H26N6O2/c1-16(25-29)18-14-23-21(24-15-18)27-12-10-26(11-13-27)19(20(28)22-2)9-8-17-6-4-3-5-7-17/h3-9,14-15,19,25,29H,1,10-13H2,2H3,(H,22,28)/b9-8+. The zero-order valence-electron chi connectivity index (χ0n) is 16.5. The molecule has 152 valence electrons. The molecule has 8 nitrogen and oxygen atoms in total. The van der Waals surface area contributed by atoms with E-state index in [1.165, 1.54) is 0 Å². The lowest BCUT2D eigenvalue weighted by atomic mass is 10.1. The Bertz CT molecular complexity index is 845. The van der Waals surface area contributed by atoms with Gasteiger partial charge in [-0.1, -0.05) is 49.1 Å². The fraction of sp³-hybridized carbons (Fsp3) is 0.286. The number of piperazine rings is 1. The van der Waals surface area contributed by atoms with E-state index in [0.717, 1.165) is 5.56 Å².